The van der Waals surface area contributed by atoms with Gasteiger partial charge in [-0.2, -0.15) is 0 Å². The first-order valence-corrected chi connectivity index (χ1v) is 8.41. The minimum absolute atomic E-state index is 0.272. The topological polar surface area (TPSA) is 86.9 Å². The lowest BCUT2D eigenvalue weighted by atomic mass is 10.3. The first-order valence-electron chi connectivity index (χ1n) is 6.92. The normalized spacial score (nSPS) is 11.5. The Hall–Kier alpha value is -1.86. The standard InChI is InChI=1S/C14H20N4O2S/c1-2-8-16-12-3-5-14(6-4-12)21(19,20)18-9-7-13-10-15-11-17-13/h3-6,10-11,16,18H,2,7-9H2,1H3,(H,15,17). The van der Waals surface area contributed by atoms with Gasteiger partial charge in [-0.25, -0.2) is 18.1 Å². The number of imidazole rings is 1. The molecule has 0 fully saturated rings. The fraction of sp³-hybridized carbons (Fsp3) is 0.357. The summed E-state index contributed by atoms with van der Waals surface area (Å²) >= 11 is 0. The predicted octanol–water partition coefficient (Wildman–Crippen LogP) is 1.75. The summed E-state index contributed by atoms with van der Waals surface area (Å²) in [5, 5.41) is 3.21. The Morgan fingerprint density at radius 2 is 1.95 bits per heavy atom. The van der Waals surface area contributed by atoms with E-state index in [1.807, 2.05) is 0 Å². The zero-order valence-corrected chi connectivity index (χ0v) is 12.8. The zero-order valence-electron chi connectivity index (χ0n) is 12.0. The average molecular weight is 308 g/mol. The number of hydrogen-bond acceptors (Lipinski definition) is 4. The molecule has 0 saturated carbocycles. The van der Waals surface area contributed by atoms with Crippen molar-refractivity contribution >= 4 is 15.7 Å². The highest BCUT2D eigenvalue weighted by Crippen LogP contribution is 2.13. The van der Waals surface area contributed by atoms with Gasteiger partial charge in [0.15, 0.2) is 0 Å². The van der Waals surface area contributed by atoms with Crippen molar-refractivity contribution in [3.63, 3.8) is 0 Å². The van der Waals surface area contributed by atoms with Crippen LogP contribution < -0.4 is 10.0 Å². The largest absolute Gasteiger partial charge is 0.385 e. The summed E-state index contributed by atoms with van der Waals surface area (Å²) in [6.07, 6.45) is 4.86. The Kier molecular flexibility index (Phi) is 5.35. The van der Waals surface area contributed by atoms with E-state index in [-0.39, 0.29) is 4.90 Å². The van der Waals surface area contributed by atoms with Crippen LogP contribution in [0.2, 0.25) is 0 Å². The summed E-state index contributed by atoms with van der Waals surface area (Å²) < 4.78 is 26.8. The molecule has 0 saturated heterocycles. The molecule has 114 valence electrons. The van der Waals surface area contributed by atoms with Crippen LogP contribution in [0.4, 0.5) is 5.69 Å². The molecule has 0 spiro atoms. The molecule has 0 aliphatic rings. The number of benzene rings is 1. The van der Waals surface area contributed by atoms with Crippen molar-refractivity contribution in [3.8, 4) is 0 Å². The smallest absolute Gasteiger partial charge is 0.240 e. The van der Waals surface area contributed by atoms with Crippen LogP contribution in [-0.2, 0) is 16.4 Å². The maximum atomic E-state index is 12.1. The van der Waals surface area contributed by atoms with E-state index in [1.165, 1.54) is 0 Å². The number of aromatic nitrogens is 2. The third-order valence-electron chi connectivity index (χ3n) is 2.99. The average Bonchev–Trinajstić information content (AvgIpc) is 2.98. The van der Waals surface area contributed by atoms with Gasteiger partial charge in [0, 0.05) is 37.1 Å². The summed E-state index contributed by atoms with van der Waals surface area (Å²) in [4.78, 5) is 7.10. The molecular weight excluding hydrogens is 288 g/mol. The number of hydrogen-bond donors (Lipinski definition) is 3. The second-order valence-electron chi connectivity index (χ2n) is 4.68. The van der Waals surface area contributed by atoms with Crippen LogP contribution in [0.15, 0.2) is 41.7 Å². The molecule has 2 rings (SSSR count). The summed E-state index contributed by atoms with van der Waals surface area (Å²) in [5.74, 6) is 0. The number of rotatable bonds is 8. The van der Waals surface area contributed by atoms with Crippen molar-refractivity contribution in [2.75, 3.05) is 18.4 Å². The number of H-pyrrole nitrogens is 1. The van der Waals surface area contributed by atoms with Gasteiger partial charge in [0.2, 0.25) is 10.0 Å². The van der Waals surface area contributed by atoms with Crippen LogP contribution in [0.3, 0.4) is 0 Å². The molecule has 7 heteroatoms. The molecule has 0 amide bonds. The molecule has 0 bridgehead atoms. The first kappa shape index (κ1) is 15.5. The Morgan fingerprint density at radius 3 is 2.57 bits per heavy atom. The molecule has 0 unspecified atom stereocenters. The second kappa shape index (κ2) is 7.24. The molecule has 0 radical (unpaired) electrons. The molecule has 1 aromatic heterocycles. The van der Waals surface area contributed by atoms with Crippen LogP contribution >= 0.6 is 0 Å². The SMILES string of the molecule is CCCNc1ccc(S(=O)(=O)NCCc2cnc[nH]2)cc1. The highest BCUT2D eigenvalue weighted by molar-refractivity contribution is 7.89. The van der Waals surface area contributed by atoms with Gasteiger partial charge in [0.1, 0.15) is 0 Å². The lowest BCUT2D eigenvalue weighted by Gasteiger charge is -2.08. The fourth-order valence-corrected chi connectivity index (χ4v) is 2.88. The van der Waals surface area contributed by atoms with Gasteiger partial charge < -0.3 is 10.3 Å². The Bertz CT molecular complexity index is 636. The molecule has 0 aliphatic heterocycles. The van der Waals surface area contributed by atoms with Gasteiger partial charge in [-0.05, 0) is 30.7 Å². The van der Waals surface area contributed by atoms with Crippen molar-refractivity contribution in [1.29, 1.82) is 0 Å². The highest BCUT2D eigenvalue weighted by Gasteiger charge is 2.13. The van der Waals surface area contributed by atoms with Gasteiger partial charge in [-0.1, -0.05) is 6.92 Å². The number of nitrogens with zero attached hydrogens (tertiary/aromatic N) is 1. The van der Waals surface area contributed by atoms with Gasteiger partial charge in [-0.15, -0.1) is 0 Å². The maximum Gasteiger partial charge on any atom is 0.240 e. The van der Waals surface area contributed by atoms with E-state index in [1.54, 1.807) is 36.8 Å². The highest BCUT2D eigenvalue weighted by atomic mass is 32.2. The van der Waals surface area contributed by atoms with E-state index in [0.717, 1.165) is 24.3 Å². The third kappa shape index (κ3) is 4.57. The summed E-state index contributed by atoms with van der Waals surface area (Å²) in [6.45, 7) is 3.28. The van der Waals surface area contributed by atoms with Gasteiger partial charge in [-0.3, -0.25) is 0 Å². The van der Waals surface area contributed by atoms with Crippen LogP contribution in [0.1, 0.15) is 19.0 Å². The molecule has 21 heavy (non-hydrogen) atoms. The molecule has 2 aromatic rings. The Morgan fingerprint density at radius 1 is 1.19 bits per heavy atom. The number of anilines is 1. The number of aromatic amines is 1. The van der Waals surface area contributed by atoms with Crippen molar-refractivity contribution in [2.24, 2.45) is 0 Å². The van der Waals surface area contributed by atoms with E-state index in [0.29, 0.717) is 13.0 Å². The minimum Gasteiger partial charge on any atom is -0.385 e. The fourth-order valence-electron chi connectivity index (χ4n) is 1.85. The Labute approximate surface area is 125 Å². The molecule has 6 nitrogen and oxygen atoms in total. The lowest BCUT2D eigenvalue weighted by Crippen LogP contribution is -2.26. The summed E-state index contributed by atoms with van der Waals surface area (Å²) in [6, 6.07) is 6.77. The van der Waals surface area contributed by atoms with Crippen molar-refractivity contribution in [2.45, 2.75) is 24.7 Å². The van der Waals surface area contributed by atoms with Crippen molar-refractivity contribution in [1.82, 2.24) is 14.7 Å². The van der Waals surface area contributed by atoms with Gasteiger partial charge in [0.25, 0.3) is 0 Å². The predicted molar refractivity (Wildman–Crippen MR) is 82.7 cm³/mol. The minimum atomic E-state index is -3.46. The molecule has 0 aliphatic carbocycles. The quantitative estimate of drug-likeness (QED) is 0.693. The zero-order chi connectivity index (χ0) is 15.1. The second-order valence-corrected chi connectivity index (χ2v) is 6.44. The summed E-state index contributed by atoms with van der Waals surface area (Å²) in [5.41, 5.74) is 1.82. The molecular formula is C14H20N4O2S. The van der Waals surface area contributed by atoms with Crippen molar-refractivity contribution < 1.29 is 8.42 Å². The van der Waals surface area contributed by atoms with Crippen LogP contribution in [0, 0.1) is 0 Å². The maximum absolute atomic E-state index is 12.1. The number of nitrogens with one attached hydrogen (secondary N) is 3. The summed E-state index contributed by atoms with van der Waals surface area (Å²) in [7, 11) is -3.46. The van der Waals surface area contributed by atoms with Gasteiger partial charge >= 0.3 is 0 Å². The van der Waals surface area contributed by atoms with E-state index in [9.17, 15) is 8.42 Å². The first-order chi connectivity index (χ1) is 10.1. The van der Waals surface area contributed by atoms with Crippen molar-refractivity contribution in [3.05, 3.63) is 42.5 Å². The molecule has 1 aromatic carbocycles. The van der Waals surface area contributed by atoms with Crippen LogP contribution in [0.5, 0.6) is 0 Å². The molecule has 3 N–H and O–H groups in total. The number of sulfonamides is 1. The van der Waals surface area contributed by atoms with Crippen LogP contribution in [-0.4, -0.2) is 31.5 Å². The monoisotopic (exact) mass is 308 g/mol. The lowest BCUT2D eigenvalue weighted by molar-refractivity contribution is 0.581. The van der Waals surface area contributed by atoms with Gasteiger partial charge in [0.05, 0.1) is 11.2 Å². The van der Waals surface area contributed by atoms with Crippen LogP contribution in [0.25, 0.3) is 0 Å². The van der Waals surface area contributed by atoms with E-state index in [2.05, 4.69) is 26.9 Å². The van der Waals surface area contributed by atoms with E-state index >= 15 is 0 Å². The molecule has 1 heterocycles. The van der Waals surface area contributed by atoms with E-state index in [4.69, 9.17) is 0 Å². The third-order valence-corrected chi connectivity index (χ3v) is 4.46. The Balaban J connectivity index is 1.92. The van der Waals surface area contributed by atoms with E-state index < -0.39 is 10.0 Å². The molecule has 0 atom stereocenters.